The molecule has 1 heterocycles. The molecule has 1 rings (SSSR count). The van der Waals surface area contributed by atoms with Crippen LogP contribution < -0.4 is 0 Å². The van der Waals surface area contributed by atoms with Crippen molar-refractivity contribution in [3.8, 4) is 0 Å². The number of hydrogen-bond acceptors (Lipinski definition) is 2. The maximum atomic E-state index is 8.55. The molecule has 0 aliphatic carbocycles. The molecule has 6 heavy (non-hydrogen) atoms. The second-order valence-electron chi connectivity index (χ2n) is 1.56. The molecule has 1 saturated heterocycles. The van der Waals surface area contributed by atoms with Gasteiger partial charge in [-0.15, -0.1) is 0 Å². The molecule has 2 N–H and O–H groups in total. The maximum Gasteiger partial charge on any atom is 0.0389 e. The Balaban J connectivity index is 2.31. The lowest BCUT2D eigenvalue weighted by molar-refractivity contribution is 0.468. The van der Waals surface area contributed by atoms with Crippen molar-refractivity contribution in [2.45, 2.75) is 6.42 Å². The Morgan fingerprint density at radius 1 is 1.17 bits per heavy atom. The highest BCUT2D eigenvalue weighted by Crippen LogP contribution is 2.47. The summed E-state index contributed by atoms with van der Waals surface area (Å²) in [6, 6.07) is 0. The molecule has 0 aromatic heterocycles. The molecule has 0 bridgehead atoms. The van der Waals surface area contributed by atoms with E-state index >= 15 is 0 Å². The van der Waals surface area contributed by atoms with Crippen molar-refractivity contribution >= 4 is 10.6 Å². The SMILES string of the molecule is OS1(O)CCC1. The summed E-state index contributed by atoms with van der Waals surface area (Å²) >= 11 is 0. The standard InChI is InChI=1S/C3H8O2S/c4-6(5)2-1-3-6/h4-5H,1-3H2. The molecule has 0 saturated carbocycles. The number of rotatable bonds is 0. The van der Waals surface area contributed by atoms with E-state index in [9.17, 15) is 0 Å². The van der Waals surface area contributed by atoms with Crippen LogP contribution in [0.1, 0.15) is 6.42 Å². The van der Waals surface area contributed by atoms with E-state index in [1.807, 2.05) is 0 Å². The van der Waals surface area contributed by atoms with Crippen LogP contribution in [0.4, 0.5) is 0 Å². The van der Waals surface area contributed by atoms with E-state index in [0.29, 0.717) is 11.5 Å². The molecule has 0 aromatic carbocycles. The van der Waals surface area contributed by atoms with Gasteiger partial charge >= 0.3 is 0 Å². The Hall–Kier alpha value is 0.270. The first-order valence-corrected chi connectivity index (χ1v) is 3.83. The molecule has 0 radical (unpaired) electrons. The van der Waals surface area contributed by atoms with E-state index in [0.717, 1.165) is 6.42 Å². The van der Waals surface area contributed by atoms with Gasteiger partial charge in [0.25, 0.3) is 0 Å². The molecular weight excluding hydrogens is 100 g/mol. The minimum atomic E-state index is -1.98. The van der Waals surface area contributed by atoms with E-state index in [-0.39, 0.29) is 0 Å². The fourth-order valence-electron chi connectivity index (χ4n) is 0.403. The molecule has 0 unspecified atom stereocenters. The summed E-state index contributed by atoms with van der Waals surface area (Å²) in [5.41, 5.74) is 0. The third kappa shape index (κ3) is 0.668. The van der Waals surface area contributed by atoms with Crippen LogP contribution in [0.2, 0.25) is 0 Å². The Kier molecular flexibility index (Phi) is 0.825. The molecule has 3 heteroatoms. The van der Waals surface area contributed by atoms with Crippen molar-refractivity contribution in [2.24, 2.45) is 0 Å². The van der Waals surface area contributed by atoms with Crippen LogP contribution >= 0.6 is 10.6 Å². The summed E-state index contributed by atoms with van der Waals surface area (Å²) in [6.45, 7) is 0. The highest BCUT2D eigenvalue weighted by Gasteiger charge is 2.20. The quantitative estimate of drug-likeness (QED) is 0.488. The first-order valence-electron chi connectivity index (χ1n) is 1.94. The van der Waals surface area contributed by atoms with Gasteiger partial charge in [0, 0.05) is 11.5 Å². The van der Waals surface area contributed by atoms with Crippen molar-refractivity contribution in [3.05, 3.63) is 0 Å². The third-order valence-corrected chi connectivity index (χ3v) is 2.83. The first-order chi connectivity index (χ1) is 2.71. The van der Waals surface area contributed by atoms with Gasteiger partial charge in [-0.3, -0.25) is 9.11 Å². The molecule has 0 aromatic rings. The minimum absolute atomic E-state index is 0.646. The topological polar surface area (TPSA) is 40.5 Å². The molecule has 0 atom stereocenters. The fourth-order valence-corrected chi connectivity index (χ4v) is 1.21. The second kappa shape index (κ2) is 1.12. The zero-order valence-electron chi connectivity index (χ0n) is 3.42. The van der Waals surface area contributed by atoms with Gasteiger partial charge < -0.3 is 0 Å². The lowest BCUT2D eigenvalue weighted by Crippen LogP contribution is -2.18. The average molecular weight is 108 g/mol. The Morgan fingerprint density at radius 2 is 1.50 bits per heavy atom. The normalized spacial score (nSPS) is 34.3. The van der Waals surface area contributed by atoms with Crippen LogP contribution in [0.3, 0.4) is 0 Å². The molecule has 38 valence electrons. The highest BCUT2D eigenvalue weighted by molar-refractivity contribution is 8.25. The van der Waals surface area contributed by atoms with Crippen molar-refractivity contribution in [2.75, 3.05) is 11.5 Å². The zero-order chi connectivity index (χ0) is 4.62. The van der Waals surface area contributed by atoms with Crippen molar-refractivity contribution in [1.82, 2.24) is 0 Å². The van der Waals surface area contributed by atoms with Crippen molar-refractivity contribution in [3.63, 3.8) is 0 Å². The van der Waals surface area contributed by atoms with Gasteiger partial charge in [-0.25, -0.2) is 0 Å². The van der Waals surface area contributed by atoms with Crippen LogP contribution in [0.15, 0.2) is 0 Å². The predicted molar refractivity (Wildman–Crippen MR) is 27.2 cm³/mol. The summed E-state index contributed by atoms with van der Waals surface area (Å²) < 4.78 is 17.1. The summed E-state index contributed by atoms with van der Waals surface area (Å²) in [7, 11) is -1.98. The largest absolute Gasteiger partial charge is 0.299 e. The van der Waals surface area contributed by atoms with Gasteiger partial charge in [0.05, 0.1) is 0 Å². The number of hydrogen-bond donors (Lipinski definition) is 2. The smallest absolute Gasteiger partial charge is 0.0389 e. The molecular formula is C3H8O2S. The van der Waals surface area contributed by atoms with Crippen LogP contribution in [0, 0.1) is 0 Å². The van der Waals surface area contributed by atoms with Gasteiger partial charge in [-0.05, 0) is 6.42 Å². The van der Waals surface area contributed by atoms with Crippen LogP contribution in [0.5, 0.6) is 0 Å². The van der Waals surface area contributed by atoms with Crippen molar-refractivity contribution in [1.29, 1.82) is 0 Å². The van der Waals surface area contributed by atoms with E-state index in [1.54, 1.807) is 0 Å². The Bertz CT molecular complexity index is 55.8. The Labute approximate surface area is 38.5 Å². The van der Waals surface area contributed by atoms with Gasteiger partial charge in [0.1, 0.15) is 0 Å². The van der Waals surface area contributed by atoms with Gasteiger partial charge in [0.15, 0.2) is 0 Å². The molecule has 0 spiro atoms. The van der Waals surface area contributed by atoms with E-state index < -0.39 is 10.6 Å². The second-order valence-corrected chi connectivity index (χ2v) is 3.98. The van der Waals surface area contributed by atoms with Gasteiger partial charge in [0.2, 0.25) is 0 Å². The predicted octanol–water partition coefficient (Wildman–Crippen LogP) is 1.14. The Morgan fingerprint density at radius 3 is 1.50 bits per heavy atom. The maximum absolute atomic E-state index is 8.55. The van der Waals surface area contributed by atoms with E-state index in [4.69, 9.17) is 9.11 Å². The summed E-state index contributed by atoms with van der Waals surface area (Å²) in [5.74, 6) is 1.29. The van der Waals surface area contributed by atoms with Crippen LogP contribution in [-0.4, -0.2) is 20.6 Å². The average Bonchev–Trinajstić information content (AvgIpc) is 1.32. The monoisotopic (exact) mass is 108 g/mol. The van der Waals surface area contributed by atoms with Crippen LogP contribution in [-0.2, 0) is 0 Å². The fraction of sp³-hybridized carbons (Fsp3) is 1.00. The minimum Gasteiger partial charge on any atom is -0.299 e. The lowest BCUT2D eigenvalue weighted by atomic mass is 10.5. The summed E-state index contributed by atoms with van der Waals surface area (Å²) in [4.78, 5) is 0. The van der Waals surface area contributed by atoms with E-state index in [2.05, 4.69) is 0 Å². The summed E-state index contributed by atoms with van der Waals surface area (Å²) in [5, 5.41) is 0. The molecule has 1 fully saturated rings. The third-order valence-electron chi connectivity index (χ3n) is 0.942. The molecule has 1 aliphatic rings. The van der Waals surface area contributed by atoms with Gasteiger partial charge in [-0.2, -0.15) is 10.6 Å². The molecule has 2 nitrogen and oxygen atoms in total. The van der Waals surface area contributed by atoms with E-state index in [1.165, 1.54) is 0 Å². The first kappa shape index (κ1) is 4.43. The molecule has 1 aliphatic heterocycles. The summed E-state index contributed by atoms with van der Waals surface area (Å²) in [6.07, 6.45) is 1.00. The lowest BCUT2D eigenvalue weighted by Gasteiger charge is -2.40. The molecule has 0 amide bonds. The van der Waals surface area contributed by atoms with Crippen molar-refractivity contribution < 1.29 is 9.11 Å². The highest BCUT2D eigenvalue weighted by atomic mass is 32.3. The zero-order valence-corrected chi connectivity index (χ0v) is 4.24. The van der Waals surface area contributed by atoms with Crippen LogP contribution in [0.25, 0.3) is 0 Å². The van der Waals surface area contributed by atoms with Gasteiger partial charge in [-0.1, -0.05) is 0 Å².